The first-order chi connectivity index (χ1) is 17.1. The molecule has 0 aliphatic carbocycles. The fourth-order valence-electron chi connectivity index (χ4n) is 4.10. The van der Waals surface area contributed by atoms with E-state index in [0.717, 1.165) is 11.8 Å². The summed E-state index contributed by atoms with van der Waals surface area (Å²) in [5.41, 5.74) is 0.942. The summed E-state index contributed by atoms with van der Waals surface area (Å²) in [6.45, 7) is 1.27. The van der Waals surface area contributed by atoms with Crippen molar-refractivity contribution in [1.82, 2.24) is 34.8 Å². The van der Waals surface area contributed by atoms with Crippen LogP contribution < -0.4 is 0 Å². The van der Waals surface area contributed by atoms with E-state index < -0.39 is 17.5 Å². The number of aliphatic imine (C=N–C) groups is 1. The number of aromatic nitrogens is 5. The van der Waals surface area contributed by atoms with Gasteiger partial charge < -0.3 is 14.8 Å². The lowest BCUT2D eigenvalue weighted by Crippen LogP contribution is -2.52. The number of Topliss-reactive ketones (excluding diaryl/α,β-unsaturated/α-hetero) is 1. The van der Waals surface area contributed by atoms with Crippen molar-refractivity contribution in [2.24, 2.45) is 4.99 Å². The molecule has 1 N–H and O–H groups in total. The molecule has 0 unspecified atom stereocenters. The van der Waals surface area contributed by atoms with Gasteiger partial charge in [0.2, 0.25) is 6.19 Å². The predicted molar refractivity (Wildman–Crippen MR) is 122 cm³/mol. The van der Waals surface area contributed by atoms with Gasteiger partial charge in [-0.15, -0.1) is 5.10 Å². The second-order valence-corrected chi connectivity index (χ2v) is 7.74. The van der Waals surface area contributed by atoms with Crippen molar-refractivity contribution in [2.75, 3.05) is 26.2 Å². The van der Waals surface area contributed by atoms with E-state index in [2.05, 4.69) is 25.3 Å². The number of piperazine rings is 1. The van der Waals surface area contributed by atoms with Crippen molar-refractivity contribution >= 4 is 28.4 Å². The van der Waals surface area contributed by atoms with E-state index in [4.69, 9.17) is 5.26 Å². The Morgan fingerprint density at radius 2 is 1.86 bits per heavy atom. The number of nitriles is 1. The molecule has 4 heterocycles. The van der Waals surface area contributed by atoms with Gasteiger partial charge in [-0.3, -0.25) is 9.59 Å². The lowest BCUT2D eigenvalue weighted by molar-refractivity contribution is -0.127. The molecule has 4 aromatic rings. The second kappa shape index (κ2) is 9.14. The quantitative estimate of drug-likeness (QED) is 0.157. The van der Waals surface area contributed by atoms with Gasteiger partial charge in [-0.2, -0.15) is 10.3 Å². The zero-order chi connectivity index (χ0) is 24.4. The van der Waals surface area contributed by atoms with E-state index in [1.807, 2.05) is 41.4 Å². The van der Waals surface area contributed by atoms with Crippen molar-refractivity contribution in [2.45, 2.75) is 0 Å². The zero-order valence-electron chi connectivity index (χ0n) is 18.3. The van der Waals surface area contributed by atoms with E-state index in [9.17, 15) is 14.0 Å². The highest BCUT2D eigenvalue weighted by atomic mass is 19.1. The van der Waals surface area contributed by atoms with Crippen molar-refractivity contribution in [1.29, 1.82) is 5.26 Å². The molecule has 0 bridgehead atoms. The number of hydrogen-bond acceptors (Lipinski definition) is 7. The van der Waals surface area contributed by atoms with Crippen LogP contribution in [0.4, 0.5) is 4.39 Å². The Morgan fingerprint density at radius 1 is 1.11 bits per heavy atom. The number of rotatable bonds is 4. The molecule has 0 radical (unpaired) electrons. The van der Waals surface area contributed by atoms with Crippen molar-refractivity contribution < 1.29 is 14.0 Å². The number of amides is 1. The molecule has 0 spiro atoms. The van der Waals surface area contributed by atoms with Gasteiger partial charge in [0.25, 0.3) is 11.7 Å². The second-order valence-electron chi connectivity index (χ2n) is 7.74. The number of H-pyrrole nitrogens is 1. The maximum absolute atomic E-state index is 14.7. The lowest BCUT2D eigenvalue weighted by atomic mass is 10.1. The number of carbonyl (C=O) groups is 2. The van der Waals surface area contributed by atoms with Gasteiger partial charge in [0.05, 0.1) is 35.1 Å². The molecule has 3 aromatic heterocycles. The van der Waals surface area contributed by atoms with E-state index >= 15 is 0 Å². The van der Waals surface area contributed by atoms with E-state index in [1.54, 1.807) is 0 Å². The Balaban J connectivity index is 1.35. The number of fused-ring (bicyclic) bond motifs is 1. The van der Waals surface area contributed by atoms with Crippen LogP contribution in [0.1, 0.15) is 15.9 Å². The summed E-state index contributed by atoms with van der Waals surface area (Å²) in [6, 6.07) is 9.28. The third-order valence-electron chi connectivity index (χ3n) is 5.78. The fraction of sp³-hybridized carbons (Fsp3) is 0.174. The van der Waals surface area contributed by atoms with Gasteiger partial charge in [0, 0.05) is 37.9 Å². The number of pyridine rings is 1. The van der Waals surface area contributed by atoms with Gasteiger partial charge >= 0.3 is 0 Å². The maximum Gasteiger partial charge on any atom is 0.295 e. The first-order valence-corrected chi connectivity index (χ1v) is 10.7. The molecule has 1 amide bonds. The molecule has 1 saturated heterocycles. The van der Waals surface area contributed by atoms with Crippen LogP contribution in [-0.2, 0) is 4.79 Å². The molecule has 1 aliphatic heterocycles. The average Bonchev–Trinajstić information content (AvgIpc) is 3.59. The van der Waals surface area contributed by atoms with Gasteiger partial charge in [-0.25, -0.2) is 14.1 Å². The van der Waals surface area contributed by atoms with Gasteiger partial charge in [-0.05, 0) is 0 Å². The molecule has 5 rings (SSSR count). The highest BCUT2D eigenvalue weighted by Gasteiger charge is 2.31. The number of halogens is 1. The van der Waals surface area contributed by atoms with E-state index in [0.29, 0.717) is 18.9 Å². The summed E-state index contributed by atoms with van der Waals surface area (Å²) in [7, 11) is 0. The normalized spacial score (nSPS) is 14.2. The number of nitrogens with zero attached hydrogens (tertiary/aromatic N) is 8. The molecule has 174 valence electrons. The molecule has 35 heavy (non-hydrogen) atoms. The molecule has 1 aliphatic rings. The Morgan fingerprint density at radius 3 is 2.54 bits per heavy atom. The smallest absolute Gasteiger partial charge is 0.295 e. The number of benzene rings is 1. The number of aromatic amines is 1. The summed E-state index contributed by atoms with van der Waals surface area (Å²) in [5.74, 6) is -1.52. The van der Waals surface area contributed by atoms with Crippen LogP contribution >= 0.6 is 0 Å². The van der Waals surface area contributed by atoms with Crippen LogP contribution in [0.2, 0.25) is 0 Å². The molecule has 0 saturated carbocycles. The van der Waals surface area contributed by atoms with Gasteiger partial charge in [-0.1, -0.05) is 35.5 Å². The Bertz CT molecular complexity index is 1460. The minimum Gasteiger partial charge on any atom is -0.357 e. The third kappa shape index (κ3) is 3.99. The highest BCUT2D eigenvalue weighted by Crippen LogP contribution is 2.26. The number of ketones is 1. The molecule has 12 heteroatoms. The summed E-state index contributed by atoms with van der Waals surface area (Å²) < 4.78 is 16.0. The van der Waals surface area contributed by atoms with Crippen LogP contribution in [0.25, 0.3) is 16.7 Å². The minimum absolute atomic E-state index is 0.0324. The SMILES string of the molecule is N#C/N=C(\c1ccccc1)N1CCN(C(=O)C(=O)c2c[nH]c3c(-n4ccnn4)ncc(F)c23)CC1. The summed E-state index contributed by atoms with van der Waals surface area (Å²) in [5, 5.41) is 16.7. The van der Waals surface area contributed by atoms with Crippen molar-refractivity contribution in [3.63, 3.8) is 0 Å². The minimum atomic E-state index is -0.826. The molecule has 0 atom stereocenters. The van der Waals surface area contributed by atoms with Gasteiger partial charge in [0.15, 0.2) is 11.6 Å². The molecular formula is C23H18FN9O2. The molecule has 11 nitrogen and oxygen atoms in total. The van der Waals surface area contributed by atoms with E-state index in [1.165, 1.54) is 28.2 Å². The fourth-order valence-corrected chi connectivity index (χ4v) is 4.10. The number of amidine groups is 1. The van der Waals surface area contributed by atoms with Crippen LogP contribution in [-0.4, -0.2) is 78.5 Å². The van der Waals surface area contributed by atoms with Crippen LogP contribution in [0.15, 0.2) is 60.1 Å². The molecular weight excluding hydrogens is 453 g/mol. The standard InChI is InChI=1S/C23H18FN9O2/c24-17-13-27-22(33-7-6-29-30-33)19-18(17)16(12-26-19)20(34)23(35)32-10-8-31(9-11-32)21(28-14-25)15-4-2-1-3-5-15/h1-7,12-13,26H,8-11H2/b28-21+. The Labute approximate surface area is 198 Å². The Kier molecular flexibility index (Phi) is 5.72. The predicted octanol–water partition coefficient (Wildman–Crippen LogP) is 1.54. The van der Waals surface area contributed by atoms with Crippen molar-refractivity contribution in [3.05, 3.63) is 72.1 Å². The van der Waals surface area contributed by atoms with Crippen LogP contribution in [0.5, 0.6) is 0 Å². The topological polar surface area (TPSA) is 136 Å². The highest BCUT2D eigenvalue weighted by molar-refractivity contribution is 6.45. The number of carbonyl (C=O) groups excluding carboxylic acids is 2. The van der Waals surface area contributed by atoms with Crippen molar-refractivity contribution in [3.8, 4) is 12.0 Å². The maximum atomic E-state index is 14.7. The lowest BCUT2D eigenvalue weighted by Gasteiger charge is -2.35. The van der Waals surface area contributed by atoms with E-state index in [-0.39, 0.29) is 35.4 Å². The number of nitrogens with one attached hydrogen (secondary N) is 1. The number of hydrogen-bond donors (Lipinski definition) is 1. The van der Waals surface area contributed by atoms with Crippen LogP contribution in [0.3, 0.4) is 0 Å². The Hall–Kier alpha value is -4.92. The average molecular weight is 471 g/mol. The van der Waals surface area contributed by atoms with Gasteiger partial charge in [0.1, 0.15) is 5.84 Å². The summed E-state index contributed by atoms with van der Waals surface area (Å²) in [6.07, 6.45) is 7.09. The molecule has 1 aromatic carbocycles. The monoisotopic (exact) mass is 471 g/mol. The first-order valence-electron chi connectivity index (χ1n) is 10.7. The third-order valence-corrected chi connectivity index (χ3v) is 5.78. The summed E-state index contributed by atoms with van der Waals surface area (Å²) in [4.78, 5) is 40.3. The summed E-state index contributed by atoms with van der Waals surface area (Å²) >= 11 is 0. The largest absolute Gasteiger partial charge is 0.357 e. The van der Waals surface area contributed by atoms with Crippen LogP contribution in [0, 0.1) is 17.3 Å². The zero-order valence-corrected chi connectivity index (χ0v) is 18.3. The molecule has 1 fully saturated rings. The first kappa shape index (κ1) is 21.9.